The fourth-order valence-electron chi connectivity index (χ4n) is 3.01. The number of carbonyl (C=O) groups is 2. The lowest BCUT2D eigenvalue weighted by molar-refractivity contribution is -0.142. The topological polar surface area (TPSA) is 87.7 Å². The fourth-order valence-corrected chi connectivity index (χ4v) is 3.01. The normalized spacial score (nSPS) is 28.4. The van der Waals surface area contributed by atoms with Gasteiger partial charge in [-0.15, -0.1) is 0 Å². The van der Waals surface area contributed by atoms with Gasteiger partial charge in [0, 0.05) is 25.3 Å². The number of nitrogens with one attached hydrogen (secondary N) is 2. The minimum Gasteiger partial charge on any atom is -0.481 e. The highest BCUT2D eigenvalue weighted by molar-refractivity contribution is 5.77. The van der Waals surface area contributed by atoms with Crippen LogP contribution in [0.5, 0.6) is 0 Å². The van der Waals surface area contributed by atoms with Gasteiger partial charge in [-0.25, -0.2) is 4.79 Å². The van der Waals surface area contributed by atoms with E-state index in [2.05, 4.69) is 10.6 Å². The van der Waals surface area contributed by atoms with E-state index in [0.29, 0.717) is 19.6 Å². The third-order valence-electron chi connectivity index (χ3n) is 4.21. The number of urea groups is 1. The molecule has 1 saturated heterocycles. The van der Waals surface area contributed by atoms with Crippen LogP contribution in [0.2, 0.25) is 0 Å². The Morgan fingerprint density at radius 3 is 2.35 bits per heavy atom. The molecule has 20 heavy (non-hydrogen) atoms. The summed E-state index contributed by atoms with van der Waals surface area (Å²) in [5.74, 6) is -1.26. The lowest BCUT2D eigenvalue weighted by Gasteiger charge is -2.27. The first-order valence-electron chi connectivity index (χ1n) is 7.54. The number of rotatable bonds is 3. The summed E-state index contributed by atoms with van der Waals surface area (Å²) in [6, 6.07) is -0.359. The molecule has 0 aromatic rings. The molecule has 0 aromatic heterocycles. The maximum atomic E-state index is 12.0. The molecule has 2 amide bonds. The third kappa shape index (κ3) is 4.37. The number of amides is 2. The van der Waals surface area contributed by atoms with Crippen molar-refractivity contribution in [1.29, 1.82) is 0 Å². The zero-order valence-electron chi connectivity index (χ0n) is 11.8. The van der Waals surface area contributed by atoms with Gasteiger partial charge in [0.1, 0.15) is 0 Å². The van der Waals surface area contributed by atoms with E-state index in [1.807, 2.05) is 0 Å². The van der Waals surface area contributed by atoms with Crippen LogP contribution in [0.15, 0.2) is 0 Å². The second-order valence-electron chi connectivity index (χ2n) is 5.69. The van der Waals surface area contributed by atoms with Gasteiger partial charge in [-0.2, -0.15) is 0 Å². The summed E-state index contributed by atoms with van der Waals surface area (Å²) in [6.45, 7) is 1.35. The van der Waals surface area contributed by atoms with Gasteiger partial charge in [0.15, 0.2) is 0 Å². The summed E-state index contributed by atoms with van der Waals surface area (Å²) in [6.07, 6.45) is 5.99. The van der Waals surface area contributed by atoms with Crippen LogP contribution in [-0.2, 0) is 9.53 Å². The fraction of sp³-hybridized carbons (Fsp3) is 0.857. The first-order valence-corrected chi connectivity index (χ1v) is 7.54. The largest absolute Gasteiger partial charge is 0.481 e. The molecule has 2 atom stereocenters. The Kier molecular flexibility index (Phi) is 5.64. The first kappa shape index (κ1) is 15.1. The van der Waals surface area contributed by atoms with Crippen molar-refractivity contribution >= 4 is 12.0 Å². The molecule has 2 fully saturated rings. The summed E-state index contributed by atoms with van der Waals surface area (Å²) in [7, 11) is 0. The molecule has 114 valence electrons. The lowest BCUT2D eigenvalue weighted by atomic mass is 9.95. The molecule has 2 unspecified atom stereocenters. The van der Waals surface area contributed by atoms with Gasteiger partial charge >= 0.3 is 12.0 Å². The van der Waals surface area contributed by atoms with Gasteiger partial charge in [-0.3, -0.25) is 4.79 Å². The molecule has 0 bridgehead atoms. The molecule has 6 heteroatoms. The number of carbonyl (C=O) groups excluding carboxylic acids is 1. The smallest absolute Gasteiger partial charge is 0.315 e. The van der Waals surface area contributed by atoms with Crippen LogP contribution in [-0.4, -0.2) is 42.4 Å². The molecule has 2 rings (SSSR count). The number of hydrogen-bond acceptors (Lipinski definition) is 3. The van der Waals surface area contributed by atoms with Crippen molar-refractivity contribution in [3.63, 3.8) is 0 Å². The van der Waals surface area contributed by atoms with Crippen molar-refractivity contribution in [3.05, 3.63) is 0 Å². The second-order valence-corrected chi connectivity index (χ2v) is 5.69. The Labute approximate surface area is 119 Å². The van der Waals surface area contributed by atoms with E-state index in [0.717, 1.165) is 38.5 Å². The highest BCUT2D eigenvalue weighted by atomic mass is 16.5. The Balaban J connectivity index is 1.85. The summed E-state index contributed by atoms with van der Waals surface area (Å²) < 4.78 is 5.25. The zero-order valence-corrected chi connectivity index (χ0v) is 11.8. The van der Waals surface area contributed by atoms with Crippen molar-refractivity contribution in [3.8, 4) is 0 Å². The highest BCUT2D eigenvalue weighted by Gasteiger charge is 2.31. The highest BCUT2D eigenvalue weighted by Crippen LogP contribution is 2.23. The van der Waals surface area contributed by atoms with E-state index in [4.69, 9.17) is 4.74 Å². The van der Waals surface area contributed by atoms with Crippen molar-refractivity contribution in [2.45, 2.75) is 57.0 Å². The SMILES string of the molecule is O=C(NC1CCOCC1)NC1CCCCCC1C(=O)O. The first-order chi connectivity index (χ1) is 9.66. The van der Waals surface area contributed by atoms with Crippen molar-refractivity contribution in [1.82, 2.24) is 10.6 Å². The van der Waals surface area contributed by atoms with Crippen LogP contribution in [0.3, 0.4) is 0 Å². The second kappa shape index (κ2) is 7.47. The van der Waals surface area contributed by atoms with Gasteiger partial charge in [0.05, 0.1) is 5.92 Å². The molecule has 1 heterocycles. The summed E-state index contributed by atoms with van der Waals surface area (Å²) in [4.78, 5) is 23.3. The summed E-state index contributed by atoms with van der Waals surface area (Å²) >= 11 is 0. The zero-order chi connectivity index (χ0) is 14.4. The van der Waals surface area contributed by atoms with Crippen LogP contribution in [0.1, 0.15) is 44.9 Å². The van der Waals surface area contributed by atoms with Gasteiger partial charge in [-0.1, -0.05) is 19.3 Å². The minimum absolute atomic E-state index is 0.137. The average Bonchev–Trinajstić information content (AvgIpc) is 2.65. The van der Waals surface area contributed by atoms with Gasteiger partial charge < -0.3 is 20.5 Å². The van der Waals surface area contributed by atoms with Crippen LogP contribution in [0.4, 0.5) is 4.79 Å². The molecule has 1 aliphatic heterocycles. The van der Waals surface area contributed by atoms with Crippen LogP contribution >= 0.6 is 0 Å². The average molecular weight is 284 g/mol. The Hall–Kier alpha value is -1.30. The predicted octanol–water partition coefficient (Wildman–Crippen LogP) is 1.50. The van der Waals surface area contributed by atoms with Gasteiger partial charge in [-0.05, 0) is 25.7 Å². The predicted molar refractivity (Wildman–Crippen MR) is 73.5 cm³/mol. The van der Waals surface area contributed by atoms with Gasteiger partial charge in [0.2, 0.25) is 0 Å². The third-order valence-corrected chi connectivity index (χ3v) is 4.21. The Morgan fingerprint density at radius 2 is 1.65 bits per heavy atom. The van der Waals surface area contributed by atoms with E-state index in [-0.39, 0.29) is 18.1 Å². The van der Waals surface area contributed by atoms with Crippen LogP contribution in [0, 0.1) is 5.92 Å². The minimum atomic E-state index is -0.803. The molecule has 0 spiro atoms. The molecule has 1 aliphatic carbocycles. The van der Waals surface area contributed by atoms with E-state index in [1.54, 1.807) is 0 Å². The monoisotopic (exact) mass is 284 g/mol. The van der Waals surface area contributed by atoms with Crippen LogP contribution < -0.4 is 10.6 Å². The standard InChI is InChI=1S/C14H24N2O4/c17-13(18)11-4-2-1-3-5-12(11)16-14(19)15-10-6-8-20-9-7-10/h10-12H,1-9H2,(H,17,18)(H2,15,16,19). The van der Waals surface area contributed by atoms with Crippen molar-refractivity contribution in [2.24, 2.45) is 5.92 Å². The van der Waals surface area contributed by atoms with E-state index in [9.17, 15) is 14.7 Å². The lowest BCUT2D eigenvalue weighted by Crippen LogP contribution is -2.50. The number of hydrogen-bond donors (Lipinski definition) is 3. The molecule has 1 saturated carbocycles. The molecule has 0 radical (unpaired) electrons. The quantitative estimate of drug-likeness (QED) is 0.685. The number of aliphatic carboxylic acids is 1. The number of ether oxygens (including phenoxy) is 1. The molecule has 2 aliphatic rings. The summed E-state index contributed by atoms with van der Waals surface area (Å²) in [5.41, 5.74) is 0. The molecular formula is C14H24N2O4. The van der Waals surface area contributed by atoms with Gasteiger partial charge in [0.25, 0.3) is 0 Å². The molecule has 3 N–H and O–H groups in total. The maximum absolute atomic E-state index is 12.0. The van der Waals surface area contributed by atoms with E-state index in [1.165, 1.54) is 0 Å². The Bertz CT molecular complexity index is 342. The Morgan fingerprint density at radius 1 is 0.950 bits per heavy atom. The van der Waals surface area contributed by atoms with E-state index >= 15 is 0 Å². The van der Waals surface area contributed by atoms with Crippen molar-refractivity contribution in [2.75, 3.05) is 13.2 Å². The molecular weight excluding hydrogens is 260 g/mol. The van der Waals surface area contributed by atoms with Crippen LogP contribution in [0.25, 0.3) is 0 Å². The number of carboxylic acid groups (broad SMARTS) is 1. The molecule has 0 aromatic carbocycles. The molecule has 6 nitrogen and oxygen atoms in total. The van der Waals surface area contributed by atoms with E-state index < -0.39 is 11.9 Å². The maximum Gasteiger partial charge on any atom is 0.315 e. The number of carboxylic acids is 1. The van der Waals surface area contributed by atoms with Crippen molar-refractivity contribution < 1.29 is 19.4 Å². The summed E-state index contributed by atoms with van der Waals surface area (Å²) in [5, 5.41) is 15.1.